The van der Waals surface area contributed by atoms with E-state index >= 15 is 0 Å². The molecule has 182 valence electrons. The lowest BCUT2D eigenvalue weighted by Gasteiger charge is -2.21. The molecule has 1 aliphatic rings. The second-order valence-electron chi connectivity index (χ2n) is 7.63. The predicted molar refractivity (Wildman–Crippen MR) is 148 cm³/mol. The van der Waals surface area contributed by atoms with E-state index in [0.29, 0.717) is 17.9 Å². The third-order valence-corrected chi connectivity index (χ3v) is 6.27. The van der Waals surface area contributed by atoms with Gasteiger partial charge in [-0.15, -0.1) is 24.6 Å². The summed E-state index contributed by atoms with van der Waals surface area (Å²) >= 11 is 1.57. The number of fused-ring (bicyclic) bond motifs is 3. The Balaban J connectivity index is 0.00000103. The molecule has 0 saturated carbocycles. The summed E-state index contributed by atoms with van der Waals surface area (Å²) in [6.45, 7) is 7.98. The van der Waals surface area contributed by atoms with Gasteiger partial charge in [0.05, 0.1) is 17.8 Å². The van der Waals surface area contributed by atoms with Gasteiger partial charge in [-0.05, 0) is 62.3 Å². The summed E-state index contributed by atoms with van der Waals surface area (Å²) in [5, 5.41) is 12.8. The van der Waals surface area contributed by atoms with Crippen molar-refractivity contribution >= 4 is 28.4 Å². The molecule has 0 unspecified atom stereocenters. The van der Waals surface area contributed by atoms with E-state index in [1.807, 2.05) is 70.4 Å². The molecule has 1 amide bonds. The van der Waals surface area contributed by atoms with Crippen LogP contribution in [0.3, 0.4) is 0 Å². The number of benzene rings is 2. The van der Waals surface area contributed by atoms with Gasteiger partial charge in [0.15, 0.2) is 5.82 Å². The van der Waals surface area contributed by atoms with Crippen LogP contribution in [-0.2, 0) is 24.1 Å². The van der Waals surface area contributed by atoms with Gasteiger partial charge in [-0.3, -0.25) is 4.79 Å². The largest absolute Gasteiger partial charge is 0.508 e. The van der Waals surface area contributed by atoms with E-state index in [1.165, 1.54) is 5.56 Å². The van der Waals surface area contributed by atoms with Crippen LogP contribution in [0.15, 0.2) is 48.5 Å². The van der Waals surface area contributed by atoms with E-state index in [1.54, 1.807) is 23.9 Å². The maximum Gasteiger partial charge on any atom is 0.230 e. The quantitative estimate of drug-likeness (QED) is 0.405. The third kappa shape index (κ3) is 6.74. The number of hydrogen-bond donors (Lipinski definition) is 2. The topological polar surface area (TPSA) is 75.1 Å². The maximum absolute atomic E-state index is 12.8. The first kappa shape index (κ1) is 27.7. The summed E-state index contributed by atoms with van der Waals surface area (Å²) in [7, 11) is 0. The molecule has 3 aromatic rings. The van der Waals surface area contributed by atoms with Crippen LogP contribution in [0.2, 0.25) is 0 Å². The Bertz CT molecular complexity index is 1210. The first-order valence-electron chi connectivity index (χ1n) is 11.6. The van der Waals surface area contributed by atoms with Crippen molar-refractivity contribution in [2.24, 2.45) is 0 Å². The molecule has 0 fully saturated rings. The number of aromatic nitrogens is 2. The van der Waals surface area contributed by atoms with Crippen LogP contribution in [0.25, 0.3) is 16.2 Å². The van der Waals surface area contributed by atoms with Gasteiger partial charge >= 0.3 is 0 Å². The molecule has 0 bridgehead atoms. The number of amides is 1. The molecule has 1 aromatic heterocycles. The lowest BCUT2D eigenvalue weighted by Crippen LogP contribution is -2.19. The predicted octanol–water partition coefficient (Wildman–Crippen LogP) is 6.44. The molecule has 0 aliphatic heterocycles. The fourth-order valence-corrected chi connectivity index (χ4v) is 4.38. The Kier molecular flexibility index (Phi) is 10.6. The van der Waals surface area contributed by atoms with E-state index in [-0.39, 0.29) is 18.1 Å². The van der Waals surface area contributed by atoms with Gasteiger partial charge in [0.1, 0.15) is 11.4 Å². The average molecular weight is 488 g/mol. The van der Waals surface area contributed by atoms with Gasteiger partial charge < -0.3 is 10.4 Å². The number of phenolic OH excluding ortho intramolecular Hbond substituents is 1. The van der Waals surface area contributed by atoms with Crippen LogP contribution < -0.4 is 5.32 Å². The van der Waals surface area contributed by atoms with Crippen molar-refractivity contribution in [1.29, 1.82) is 0 Å². The highest BCUT2D eigenvalue weighted by Gasteiger charge is 2.24. The molecule has 4 rings (SSSR count). The number of allylic oxidation sites excluding steroid dienone is 1. The Morgan fingerprint density at radius 3 is 2.43 bits per heavy atom. The lowest BCUT2D eigenvalue weighted by atomic mass is 9.91. The second-order valence-corrected chi connectivity index (χ2v) is 8.47. The van der Waals surface area contributed by atoms with Crippen molar-refractivity contribution in [3.05, 3.63) is 76.6 Å². The SMILES string of the molecule is C#C.C/C=C(\SC)c1nc2c(nc1NC(=O)Cc1ccc(C)cc1)CCc1cc(O)ccc1-2.CC. The highest BCUT2D eigenvalue weighted by Crippen LogP contribution is 2.37. The van der Waals surface area contributed by atoms with E-state index in [2.05, 4.69) is 18.2 Å². The molecule has 2 aromatic carbocycles. The van der Waals surface area contributed by atoms with Crippen molar-refractivity contribution in [2.45, 2.75) is 47.0 Å². The summed E-state index contributed by atoms with van der Waals surface area (Å²) < 4.78 is 0. The van der Waals surface area contributed by atoms with Crippen LogP contribution in [0.5, 0.6) is 5.75 Å². The van der Waals surface area contributed by atoms with E-state index in [4.69, 9.17) is 9.97 Å². The number of aromatic hydroxyl groups is 1. The number of nitrogens with one attached hydrogen (secondary N) is 1. The van der Waals surface area contributed by atoms with Crippen LogP contribution in [0.1, 0.15) is 48.8 Å². The van der Waals surface area contributed by atoms with Crippen LogP contribution >= 0.6 is 11.8 Å². The van der Waals surface area contributed by atoms with Gasteiger partial charge in [-0.25, -0.2) is 9.97 Å². The molecule has 1 heterocycles. The van der Waals surface area contributed by atoms with Gasteiger partial charge in [-0.1, -0.05) is 49.8 Å². The number of carbonyl (C=O) groups is 1. The van der Waals surface area contributed by atoms with Gasteiger partial charge in [0.25, 0.3) is 0 Å². The maximum atomic E-state index is 12.8. The summed E-state index contributed by atoms with van der Waals surface area (Å²) in [4.78, 5) is 23.5. The lowest BCUT2D eigenvalue weighted by molar-refractivity contribution is -0.115. The van der Waals surface area contributed by atoms with Gasteiger partial charge in [-0.2, -0.15) is 0 Å². The minimum absolute atomic E-state index is 0.114. The van der Waals surface area contributed by atoms with E-state index < -0.39 is 0 Å². The smallest absolute Gasteiger partial charge is 0.230 e. The van der Waals surface area contributed by atoms with Crippen LogP contribution in [0.4, 0.5) is 5.82 Å². The second kappa shape index (κ2) is 13.4. The third-order valence-electron chi connectivity index (χ3n) is 5.40. The highest BCUT2D eigenvalue weighted by molar-refractivity contribution is 8.07. The number of hydrogen-bond acceptors (Lipinski definition) is 5. The van der Waals surface area contributed by atoms with Crippen molar-refractivity contribution in [1.82, 2.24) is 9.97 Å². The molecule has 5 nitrogen and oxygen atoms in total. The van der Waals surface area contributed by atoms with Crippen molar-refractivity contribution in [3.63, 3.8) is 0 Å². The number of nitrogens with zero attached hydrogens (tertiary/aromatic N) is 2. The Morgan fingerprint density at radius 2 is 1.80 bits per heavy atom. The zero-order chi connectivity index (χ0) is 26.0. The molecule has 2 N–H and O–H groups in total. The molecule has 0 spiro atoms. The summed E-state index contributed by atoms with van der Waals surface area (Å²) in [6.07, 6.45) is 13.7. The Morgan fingerprint density at radius 1 is 1.11 bits per heavy atom. The average Bonchev–Trinajstić information content (AvgIpc) is 2.88. The number of phenols is 1. The molecule has 0 atom stereocenters. The number of rotatable bonds is 5. The normalized spacial score (nSPS) is 11.6. The zero-order valence-corrected chi connectivity index (χ0v) is 21.9. The highest BCUT2D eigenvalue weighted by atomic mass is 32.2. The first-order valence-corrected chi connectivity index (χ1v) is 12.8. The standard InChI is InChI=1S/C25H25N3O2S.C2H6.C2H2/c1-4-21(31-3)24-25(27-22(30)13-16-7-5-15(2)6-8-16)26-20-12-9-17-14-18(29)10-11-19(17)23(20)28-24;2*1-2/h4-8,10-11,14,29H,9,12-13H2,1-3H3,(H,26,27,30);1-2H3;1-2H/b21-4-;;. The number of anilines is 1. The number of thioether (sulfide) groups is 1. The summed E-state index contributed by atoms with van der Waals surface area (Å²) in [6, 6.07) is 13.3. The fraction of sp³-hybridized carbons (Fsp3) is 0.276. The first-order chi connectivity index (χ1) is 17.0. The molecular weight excluding hydrogens is 454 g/mol. The molecule has 1 aliphatic carbocycles. The van der Waals surface area contributed by atoms with Gasteiger partial charge in [0.2, 0.25) is 5.91 Å². The molecular formula is C29H33N3O2S. The number of aryl methyl sites for hydroxylation is 3. The fourth-order valence-electron chi connectivity index (χ4n) is 3.81. The van der Waals surface area contributed by atoms with E-state index in [9.17, 15) is 9.90 Å². The molecule has 0 radical (unpaired) electrons. The van der Waals surface area contributed by atoms with Crippen molar-refractivity contribution in [2.75, 3.05) is 11.6 Å². The molecule has 0 saturated heterocycles. The van der Waals surface area contributed by atoms with Crippen molar-refractivity contribution < 1.29 is 9.90 Å². The van der Waals surface area contributed by atoms with E-state index in [0.717, 1.165) is 39.4 Å². The number of carbonyl (C=O) groups excluding carboxylic acids is 1. The Hall–Kier alpha value is -3.56. The van der Waals surface area contributed by atoms with Gasteiger partial charge in [0, 0.05) is 10.5 Å². The van der Waals surface area contributed by atoms with Crippen molar-refractivity contribution in [3.8, 4) is 29.9 Å². The number of terminal acetylenes is 1. The molecule has 35 heavy (non-hydrogen) atoms. The monoisotopic (exact) mass is 487 g/mol. The Labute approximate surface area is 213 Å². The zero-order valence-electron chi connectivity index (χ0n) is 21.1. The molecule has 6 heteroatoms. The minimum Gasteiger partial charge on any atom is -0.508 e. The summed E-state index contributed by atoms with van der Waals surface area (Å²) in [5.41, 5.74) is 6.54. The minimum atomic E-state index is -0.114. The van der Waals surface area contributed by atoms with Crippen LogP contribution in [-0.4, -0.2) is 27.2 Å². The summed E-state index contributed by atoms with van der Waals surface area (Å²) in [5.74, 6) is 0.645. The van der Waals surface area contributed by atoms with Crippen LogP contribution in [0, 0.1) is 19.8 Å².